The molecule has 0 aromatic rings. The maximum absolute atomic E-state index is 12.4. The quantitative estimate of drug-likeness (QED) is 0.752. The molecule has 0 bridgehead atoms. The fourth-order valence-electron chi connectivity index (χ4n) is 2.81. The molecule has 2 aliphatic heterocycles. The van der Waals surface area contributed by atoms with Crippen LogP contribution in [-0.4, -0.2) is 58.8 Å². The maximum Gasteiger partial charge on any atom is 0.246 e. The van der Waals surface area contributed by atoms with Gasteiger partial charge >= 0.3 is 0 Å². The number of carbonyl (C=O) groups excluding carboxylic acids is 2. The molecular formula is C12H20N2O2S. The zero-order chi connectivity index (χ0) is 12.4. The Morgan fingerprint density at radius 1 is 1.35 bits per heavy atom. The van der Waals surface area contributed by atoms with E-state index in [4.69, 9.17) is 0 Å². The molecule has 0 spiro atoms. The molecule has 2 saturated heterocycles. The molecule has 2 unspecified atom stereocenters. The van der Waals surface area contributed by atoms with Crippen molar-refractivity contribution in [3.05, 3.63) is 0 Å². The number of hydrogen-bond acceptors (Lipinski definition) is 3. The first kappa shape index (κ1) is 12.7. The van der Waals surface area contributed by atoms with Crippen molar-refractivity contribution in [2.24, 2.45) is 0 Å². The van der Waals surface area contributed by atoms with Crippen LogP contribution in [0.1, 0.15) is 26.2 Å². The van der Waals surface area contributed by atoms with Crippen molar-refractivity contribution in [3.63, 3.8) is 0 Å². The van der Waals surface area contributed by atoms with Crippen LogP contribution in [0.25, 0.3) is 0 Å². The summed E-state index contributed by atoms with van der Waals surface area (Å²) in [6, 6.07) is -0.379. The highest BCUT2D eigenvalue weighted by Gasteiger charge is 2.46. The largest absolute Gasteiger partial charge is 0.329 e. The molecule has 4 nitrogen and oxygen atoms in total. The highest BCUT2D eigenvalue weighted by Crippen LogP contribution is 2.28. The minimum atomic E-state index is -0.219. The fraction of sp³-hybridized carbons (Fsp3) is 0.833. The normalized spacial score (nSPS) is 28.8. The number of nitrogens with zero attached hydrogens (tertiary/aromatic N) is 2. The number of amides is 2. The Balaban J connectivity index is 2.17. The summed E-state index contributed by atoms with van der Waals surface area (Å²) in [6.45, 7) is 3.45. The maximum atomic E-state index is 12.4. The van der Waals surface area contributed by atoms with Crippen molar-refractivity contribution in [2.75, 3.05) is 25.1 Å². The molecule has 2 amide bonds. The zero-order valence-corrected chi connectivity index (χ0v) is 11.3. The lowest BCUT2D eigenvalue weighted by atomic mass is 10.0. The topological polar surface area (TPSA) is 40.6 Å². The Morgan fingerprint density at radius 2 is 2.12 bits per heavy atom. The van der Waals surface area contributed by atoms with Gasteiger partial charge in [-0.3, -0.25) is 9.59 Å². The molecule has 0 N–H and O–H groups in total. The van der Waals surface area contributed by atoms with Crippen molar-refractivity contribution >= 4 is 23.6 Å². The minimum absolute atomic E-state index is 0.160. The summed E-state index contributed by atoms with van der Waals surface area (Å²) >= 11 is 1.72. The first-order valence-corrected chi connectivity index (χ1v) is 7.70. The molecule has 0 aromatic heterocycles. The molecule has 0 radical (unpaired) electrons. The third-order valence-electron chi connectivity index (χ3n) is 3.69. The van der Waals surface area contributed by atoms with Gasteiger partial charge in [0.2, 0.25) is 11.8 Å². The summed E-state index contributed by atoms with van der Waals surface area (Å²) in [5, 5.41) is 0. The molecule has 2 rings (SSSR count). The first-order chi connectivity index (χ1) is 8.20. The smallest absolute Gasteiger partial charge is 0.246 e. The van der Waals surface area contributed by atoms with Gasteiger partial charge in [0.25, 0.3) is 0 Å². The predicted octanol–water partition coefficient (Wildman–Crippen LogP) is 0.961. The van der Waals surface area contributed by atoms with E-state index >= 15 is 0 Å². The summed E-state index contributed by atoms with van der Waals surface area (Å²) < 4.78 is 0. The summed E-state index contributed by atoms with van der Waals surface area (Å²) in [5.74, 6) is 1.24. The highest BCUT2D eigenvalue weighted by molar-refractivity contribution is 7.98. The van der Waals surface area contributed by atoms with E-state index in [0.717, 1.165) is 31.6 Å². The van der Waals surface area contributed by atoms with Gasteiger partial charge in [0.1, 0.15) is 12.1 Å². The van der Waals surface area contributed by atoms with Crippen LogP contribution in [0.5, 0.6) is 0 Å². The van der Waals surface area contributed by atoms with Crippen molar-refractivity contribution in [1.82, 2.24) is 9.80 Å². The zero-order valence-electron chi connectivity index (χ0n) is 10.5. The number of thioether (sulfide) groups is 1. The van der Waals surface area contributed by atoms with Crippen molar-refractivity contribution in [1.29, 1.82) is 0 Å². The van der Waals surface area contributed by atoms with Crippen LogP contribution in [0.4, 0.5) is 0 Å². The van der Waals surface area contributed by atoms with Gasteiger partial charge in [-0.05, 0) is 25.5 Å². The predicted molar refractivity (Wildman–Crippen MR) is 68.9 cm³/mol. The third kappa shape index (κ3) is 2.17. The van der Waals surface area contributed by atoms with Gasteiger partial charge in [0, 0.05) is 18.8 Å². The van der Waals surface area contributed by atoms with E-state index < -0.39 is 0 Å². The molecule has 2 aliphatic rings. The summed E-state index contributed by atoms with van der Waals surface area (Å²) in [5.41, 5.74) is 0. The van der Waals surface area contributed by atoms with Crippen molar-refractivity contribution in [2.45, 2.75) is 38.3 Å². The van der Waals surface area contributed by atoms with Gasteiger partial charge in [-0.1, -0.05) is 6.92 Å². The molecule has 2 atom stereocenters. The van der Waals surface area contributed by atoms with E-state index in [9.17, 15) is 9.59 Å². The van der Waals surface area contributed by atoms with Gasteiger partial charge in [-0.15, -0.1) is 0 Å². The molecular weight excluding hydrogens is 236 g/mol. The number of fused-ring (bicyclic) bond motifs is 1. The Hall–Kier alpha value is -0.710. The fourth-order valence-corrected chi connectivity index (χ4v) is 3.19. The van der Waals surface area contributed by atoms with E-state index in [-0.39, 0.29) is 23.9 Å². The standard InChI is InChI=1S/C12H20N2O2S/c1-3-9-11(15)13-6-4-5-10(13)12(16)14(9)7-8-17-2/h9-10H,3-8H2,1-2H3. The lowest BCUT2D eigenvalue weighted by Crippen LogP contribution is -2.62. The first-order valence-electron chi connectivity index (χ1n) is 6.30. The van der Waals surface area contributed by atoms with Crippen LogP contribution in [0.2, 0.25) is 0 Å². The van der Waals surface area contributed by atoms with E-state index in [0.29, 0.717) is 6.54 Å². The molecule has 2 heterocycles. The van der Waals surface area contributed by atoms with Crippen LogP contribution < -0.4 is 0 Å². The third-order valence-corrected chi connectivity index (χ3v) is 4.28. The Labute approximate surface area is 107 Å². The number of hydrogen-bond donors (Lipinski definition) is 0. The van der Waals surface area contributed by atoms with Crippen molar-refractivity contribution in [3.8, 4) is 0 Å². The second-order valence-electron chi connectivity index (χ2n) is 4.64. The highest BCUT2D eigenvalue weighted by atomic mass is 32.2. The number of carbonyl (C=O) groups is 2. The molecule has 2 fully saturated rings. The lowest BCUT2D eigenvalue weighted by Gasteiger charge is -2.42. The Kier molecular flexibility index (Phi) is 3.97. The van der Waals surface area contributed by atoms with E-state index in [1.807, 2.05) is 18.1 Å². The average molecular weight is 256 g/mol. The van der Waals surface area contributed by atoms with E-state index in [1.165, 1.54) is 0 Å². The molecule has 0 saturated carbocycles. The monoisotopic (exact) mass is 256 g/mol. The second-order valence-corrected chi connectivity index (χ2v) is 5.62. The van der Waals surface area contributed by atoms with E-state index in [2.05, 4.69) is 0 Å². The molecule has 0 aliphatic carbocycles. The summed E-state index contributed by atoms with van der Waals surface area (Å²) in [4.78, 5) is 28.2. The summed E-state index contributed by atoms with van der Waals surface area (Å²) in [6.07, 6.45) is 4.56. The Morgan fingerprint density at radius 3 is 2.76 bits per heavy atom. The van der Waals surface area contributed by atoms with Crippen molar-refractivity contribution < 1.29 is 9.59 Å². The second kappa shape index (κ2) is 5.29. The minimum Gasteiger partial charge on any atom is -0.329 e. The van der Waals surface area contributed by atoms with Crippen LogP contribution in [-0.2, 0) is 9.59 Å². The molecule has 17 heavy (non-hydrogen) atoms. The van der Waals surface area contributed by atoms with Crippen LogP contribution in [0.3, 0.4) is 0 Å². The molecule has 96 valence electrons. The van der Waals surface area contributed by atoms with Crippen LogP contribution >= 0.6 is 11.8 Å². The van der Waals surface area contributed by atoms with Crippen LogP contribution in [0, 0.1) is 0 Å². The van der Waals surface area contributed by atoms with Gasteiger partial charge in [-0.25, -0.2) is 0 Å². The lowest BCUT2D eigenvalue weighted by molar-refractivity contribution is -0.159. The SMILES string of the molecule is CCC1C(=O)N2CCCC2C(=O)N1CCSC. The van der Waals surface area contributed by atoms with Gasteiger partial charge < -0.3 is 9.80 Å². The van der Waals surface area contributed by atoms with Gasteiger partial charge in [-0.2, -0.15) is 11.8 Å². The summed E-state index contributed by atoms with van der Waals surface area (Å²) in [7, 11) is 0. The molecule has 0 aromatic carbocycles. The van der Waals surface area contributed by atoms with Crippen LogP contribution in [0.15, 0.2) is 0 Å². The van der Waals surface area contributed by atoms with Gasteiger partial charge in [0.05, 0.1) is 0 Å². The Bertz CT molecular complexity index is 322. The number of piperazine rings is 1. The van der Waals surface area contributed by atoms with Gasteiger partial charge in [0.15, 0.2) is 0 Å². The average Bonchev–Trinajstić information content (AvgIpc) is 2.81. The van der Waals surface area contributed by atoms with E-state index in [1.54, 1.807) is 16.7 Å². The molecule has 5 heteroatoms. The number of rotatable bonds is 4.